The summed E-state index contributed by atoms with van der Waals surface area (Å²) in [5, 5.41) is 14.5. The third kappa shape index (κ3) is 5.67. The van der Waals surface area contributed by atoms with Crippen molar-refractivity contribution >= 4 is 40.9 Å². The fraction of sp³-hybridized carbons (Fsp3) is 0.385. The first kappa shape index (κ1) is 16.6. The van der Waals surface area contributed by atoms with Gasteiger partial charge in [0.05, 0.1) is 15.7 Å². The number of hydrogen-bond donors (Lipinski definition) is 3. The monoisotopic (exact) mass is 318 g/mol. The second-order valence-corrected chi connectivity index (χ2v) is 5.17. The van der Waals surface area contributed by atoms with Gasteiger partial charge < -0.3 is 15.7 Å². The fourth-order valence-electron chi connectivity index (χ4n) is 1.61. The molecular weight excluding hydrogens is 303 g/mol. The minimum atomic E-state index is -0.840. The Bertz CT molecular complexity index is 495. The highest BCUT2D eigenvalue weighted by Gasteiger charge is 2.11. The van der Waals surface area contributed by atoms with Crippen molar-refractivity contribution in [2.75, 3.05) is 5.32 Å². The largest absolute Gasteiger partial charge is 0.481 e. The molecule has 0 fully saturated rings. The Morgan fingerprint density at radius 3 is 2.70 bits per heavy atom. The molecule has 0 radical (unpaired) electrons. The van der Waals surface area contributed by atoms with Crippen LogP contribution in [-0.2, 0) is 4.79 Å². The van der Waals surface area contributed by atoms with Crippen LogP contribution in [0, 0.1) is 0 Å². The average Bonchev–Trinajstić information content (AvgIpc) is 2.34. The molecule has 5 nitrogen and oxygen atoms in total. The number of urea groups is 1. The predicted molar refractivity (Wildman–Crippen MR) is 79.6 cm³/mol. The highest BCUT2D eigenvalue weighted by molar-refractivity contribution is 6.43. The summed E-state index contributed by atoms with van der Waals surface area (Å²) >= 11 is 11.8. The lowest BCUT2D eigenvalue weighted by molar-refractivity contribution is -0.137. The van der Waals surface area contributed by atoms with Crippen LogP contribution in [-0.4, -0.2) is 23.1 Å². The van der Waals surface area contributed by atoms with E-state index in [0.29, 0.717) is 23.6 Å². The molecule has 1 rings (SSSR count). The molecule has 1 unspecified atom stereocenters. The maximum absolute atomic E-state index is 11.7. The maximum Gasteiger partial charge on any atom is 0.319 e. The van der Waals surface area contributed by atoms with E-state index in [2.05, 4.69) is 10.6 Å². The quantitative estimate of drug-likeness (QED) is 0.747. The van der Waals surface area contributed by atoms with Crippen LogP contribution in [0.1, 0.15) is 26.2 Å². The second-order valence-electron chi connectivity index (χ2n) is 4.39. The molecule has 0 aliphatic rings. The third-order valence-electron chi connectivity index (χ3n) is 2.61. The van der Waals surface area contributed by atoms with Crippen molar-refractivity contribution in [3.63, 3.8) is 0 Å². The molecule has 20 heavy (non-hydrogen) atoms. The SMILES string of the molecule is CC(CCCC(=O)O)NC(=O)Nc1cccc(Cl)c1Cl. The van der Waals surface area contributed by atoms with Crippen LogP contribution in [0.4, 0.5) is 10.5 Å². The van der Waals surface area contributed by atoms with Gasteiger partial charge in [0.2, 0.25) is 0 Å². The maximum atomic E-state index is 11.7. The van der Waals surface area contributed by atoms with Crippen molar-refractivity contribution in [1.29, 1.82) is 0 Å². The van der Waals surface area contributed by atoms with Crippen LogP contribution in [0.15, 0.2) is 18.2 Å². The van der Waals surface area contributed by atoms with Gasteiger partial charge >= 0.3 is 12.0 Å². The van der Waals surface area contributed by atoms with E-state index in [1.54, 1.807) is 25.1 Å². The Kier molecular flexibility index (Phi) is 6.61. The topological polar surface area (TPSA) is 78.4 Å². The number of anilines is 1. The standard InChI is InChI=1S/C13H16Cl2N2O3/c1-8(4-2-7-11(18)19)16-13(20)17-10-6-3-5-9(14)12(10)15/h3,5-6,8H,2,4,7H2,1H3,(H,18,19)(H2,16,17,20). The van der Waals surface area contributed by atoms with E-state index < -0.39 is 12.0 Å². The summed E-state index contributed by atoms with van der Waals surface area (Å²) in [5.74, 6) is -0.840. The summed E-state index contributed by atoms with van der Waals surface area (Å²) in [7, 11) is 0. The number of carbonyl (C=O) groups excluding carboxylic acids is 1. The van der Waals surface area contributed by atoms with Crippen molar-refractivity contribution < 1.29 is 14.7 Å². The molecule has 0 saturated heterocycles. The zero-order valence-corrected chi connectivity index (χ0v) is 12.5. The number of aliphatic carboxylic acids is 1. The molecule has 1 aromatic rings. The number of nitrogens with one attached hydrogen (secondary N) is 2. The minimum absolute atomic E-state index is 0.0910. The lowest BCUT2D eigenvalue weighted by atomic mass is 10.1. The average molecular weight is 319 g/mol. The van der Waals surface area contributed by atoms with Gasteiger partial charge in [-0.3, -0.25) is 4.79 Å². The Hall–Kier alpha value is -1.46. The number of rotatable bonds is 6. The summed E-state index contributed by atoms with van der Waals surface area (Å²) in [5.41, 5.74) is 0.425. The molecule has 3 N–H and O–H groups in total. The highest BCUT2D eigenvalue weighted by atomic mass is 35.5. The van der Waals surface area contributed by atoms with Crippen LogP contribution in [0.2, 0.25) is 10.0 Å². The molecular formula is C13H16Cl2N2O3. The predicted octanol–water partition coefficient (Wildman–Crippen LogP) is 3.76. The number of amides is 2. The molecule has 1 aromatic carbocycles. The van der Waals surface area contributed by atoms with E-state index in [4.69, 9.17) is 28.3 Å². The summed E-state index contributed by atoms with van der Waals surface area (Å²) in [6.45, 7) is 1.81. The molecule has 2 amide bonds. The molecule has 0 aromatic heterocycles. The van der Waals surface area contributed by atoms with Crippen LogP contribution < -0.4 is 10.6 Å². The minimum Gasteiger partial charge on any atom is -0.481 e. The van der Waals surface area contributed by atoms with Gasteiger partial charge in [-0.05, 0) is 31.9 Å². The third-order valence-corrected chi connectivity index (χ3v) is 3.42. The van der Waals surface area contributed by atoms with Gasteiger partial charge in [-0.1, -0.05) is 29.3 Å². The molecule has 7 heteroatoms. The zero-order valence-electron chi connectivity index (χ0n) is 11.0. The molecule has 110 valence electrons. The van der Waals surface area contributed by atoms with Crippen LogP contribution in [0.25, 0.3) is 0 Å². The van der Waals surface area contributed by atoms with E-state index in [0.717, 1.165) is 0 Å². The zero-order chi connectivity index (χ0) is 15.1. The molecule has 0 spiro atoms. The molecule has 0 aliphatic carbocycles. The Balaban J connectivity index is 2.43. The van der Waals surface area contributed by atoms with Crippen molar-refractivity contribution in [1.82, 2.24) is 5.32 Å². The molecule has 1 atom stereocenters. The van der Waals surface area contributed by atoms with Crippen LogP contribution in [0.3, 0.4) is 0 Å². The second kappa shape index (κ2) is 7.97. The molecule has 0 heterocycles. The van der Waals surface area contributed by atoms with Gasteiger partial charge in [0.15, 0.2) is 0 Å². The van der Waals surface area contributed by atoms with E-state index in [9.17, 15) is 9.59 Å². The van der Waals surface area contributed by atoms with Crippen molar-refractivity contribution in [2.24, 2.45) is 0 Å². The lowest BCUT2D eigenvalue weighted by Crippen LogP contribution is -2.36. The number of carbonyl (C=O) groups is 2. The van der Waals surface area contributed by atoms with Gasteiger partial charge in [0.25, 0.3) is 0 Å². The van der Waals surface area contributed by atoms with E-state index in [-0.39, 0.29) is 17.5 Å². The fourth-order valence-corrected chi connectivity index (χ4v) is 1.96. The smallest absolute Gasteiger partial charge is 0.319 e. The number of halogens is 2. The summed E-state index contributed by atoms with van der Waals surface area (Å²) in [4.78, 5) is 22.1. The molecule has 0 saturated carbocycles. The van der Waals surface area contributed by atoms with Crippen molar-refractivity contribution in [2.45, 2.75) is 32.2 Å². The first-order valence-electron chi connectivity index (χ1n) is 6.13. The number of carboxylic acid groups (broad SMARTS) is 1. The molecule has 0 bridgehead atoms. The van der Waals surface area contributed by atoms with E-state index in [1.807, 2.05) is 0 Å². The van der Waals surface area contributed by atoms with Gasteiger partial charge in [-0.15, -0.1) is 0 Å². The van der Waals surface area contributed by atoms with Crippen LogP contribution in [0.5, 0.6) is 0 Å². The Morgan fingerprint density at radius 1 is 1.35 bits per heavy atom. The Morgan fingerprint density at radius 2 is 2.05 bits per heavy atom. The molecule has 0 aliphatic heterocycles. The normalized spacial score (nSPS) is 11.8. The summed E-state index contributed by atoms with van der Waals surface area (Å²) in [6, 6.07) is 4.41. The van der Waals surface area contributed by atoms with Gasteiger partial charge in [0.1, 0.15) is 0 Å². The Labute approximate surface area is 127 Å². The number of benzene rings is 1. The first-order valence-corrected chi connectivity index (χ1v) is 6.89. The van der Waals surface area contributed by atoms with Crippen molar-refractivity contribution in [3.8, 4) is 0 Å². The first-order chi connectivity index (χ1) is 9.40. The number of hydrogen-bond acceptors (Lipinski definition) is 2. The van der Waals surface area contributed by atoms with E-state index >= 15 is 0 Å². The van der Waals surface area contributed by atoms with Crippen molar-refractivity contribution in [3.05, 3.63) is 28.2 Å². The van der Waals surface area contributed by atoms with Gasteiger partial charge in [-0.2, -0.15) is 0 Å². The van der Waals surface area contributed by atoms with Gasteiger partial charge in [-0.25, -0.2) is 4.79 Å². The summed E-state index contributed by atoms with van der Waals surface area (Å²) in [6.07, 6.45) is 1.19. The van der Waals surface area contributed by atoms with Crippen LogP contribution >= 0.6 is 23.2 Å². The summed E-state index contributed by atoms with van der Waals surface area (Å²) < 4.78 is 0. The van der Waals surface area contributed by atoms with Gasteiger partial charge in [0, 0.05) is 12.5 Å². The number of carboxylic acids is 1. The highest BCUT2D eigenvalue weighted by Crippen LogP contribution is 2.29. The lowest BCUT2D eigenvalue weighted by Gasteiger charge is -2.15. The van der Waals surface area contributed by atoms with E-state index in [1.165, 1.54) is 0 Å².